The standard InChI is InChI=1S/C12H16BrNO2/c1-15-12-10(14)6-11(12)16-7-8-3-2-4-9(13)5-8/h2-5,10-12H,6-7,14H2,1H3. The molecule has 0 bridgehead atoms. The van der Waals surface area contributed by atoms with Gasteiger partial charge in [0.1, 0.15) is 0 Å². The Hall–Kier alpha value is -0.420. The average Bonchev–Trinajstić information content (AvgIpc) is 2.24. The molecule has 16 heavy (non-hydrogen) atoms. The van der Waals surface area contributed by atoms with E-state index in [-0.39, 0.29) is 18.2 Å². The number of benzene rings is 1. The lowest BCUT2D eigenvalue weighted by atomic mass is 9.86. The first-order valence-corrected chi connectivity index (χ1v) is 6.14. The van der Waals surface area contributed by atoms with Gasteiger partial charge in [-0.15, -0.1) is 0 Å². The minimum absolute atomic E-state index is 0.0483. The first-order chi connectivity index (χ1) is 7.70. The maximum atomic E-state index is 5.80. The molecule has 0 aromatic heterocycles. The Morgan fingerprint density at radius 3 is 2.94 bits per heavy atom. The van der Waals surface area contributed by atoms with Crippen molar-refractivity contribution in [1.82, 2.24) is 0 Å². The molecule has 1 saturated carbocycles. The molecule has 1 aliphatic carbocycles. The van der Waals surface area contributed by atoms with E-state index in [0.717, 1.165) is 16.5 Å². The molecule has 3 nitrogen and oxygen atoms in total. The maximum absolute atomic E-state index is 5.80. The summed E-state index contributed by atoms with van der Waals surface area (Å²) in [5, 5.41) is 0. The largest absolute Gasteiger partial charge is 0.377 e. The lowest BCUT2D eigenvalue weighted by molar-refractivity contribution is -0.131. The minimum atomic E-state index is 0.0483. The van der Waals surface area contributed by atoms with E-state index in [4.69, 9.17) is 15.2 Å². The van der Waals surface area contributed by atoms with Crippen LogP contribution >= 0.6 is 15.9 Å². The molecular formula is C12H16BrNO2. The van der Waals surface area contributed by atoms with Gasteiger partial charge in [0.15, 0.2) is 0 Å². The Labute approximate surface area is 104 Å². The molecule has 2 rings (SSSR count). The van der Waals surface area contributed by atoms with Crippen molar-refractivity contribution in [3.05, 3.63) is 34.3 Å². The summed E-state index contributed by atoms with van der Waals surface area (Å²) < 4.78 is 12.1. The van der Waals surface area contributed by atoms with Gasteiger partial charge in [0.25, 0.3) is 0 Å². The van der Waals surface area contributed by atoms with Gasteiger partial charge in [-0.3, -0.25) is 0 Å². The van der Waals surface area contributed by atoms with Gasteiger partial charge < -0.3 is 15.2 Å². The summed E-state index contributed by atoms with van der Waals surface area (Å²) in [6, 6.07) is 8.23. The summed E-state index contributed by atoms with van der Waals surface area (Å²) in [7, 11) is 1.68. The highest BCUT2D eigenvalue weighted by molar-refractivity contribution is 9.10. The summed E-state index contributed by atoms with van der Waals surface area (Å²) in [5.41, 5.74) is 6.96. The van der Waals surface area contributed by atoms with E-state index in [2.05, 4.69) is 22.0 Å². The molecule has 0 heterocycles. The van der Waals surface area contributed by atoms with Crippen molar-refractivity contribution in [2.45, 2.75) is 31.3 Å². The van der Waals surface area contributed by atoms with Crippen LogP contribution in [0.5, 0.6) is 0 Å². The number of nitrogens with two attached hydrogens (primary N) is 1. The molecule has 0 saturated heterocycles. The van der Waals surface area contributed by atoms with Gasteiger partial charge in [0, 0.05) is 17.6 Å². The molecule has 2 N–H and O–H groups in total. The fourth-order valence-electron chi connectivity index (χ4n) is 1.94. The molecule has 0 aliphatic heterocycles. The van der Waals surface area contributed by atoms with E-state index >= 15 is 0 Å². The second kappa shape index (κ2) is 5.27. The van der Waals surface area contributed by atoms with Crippen LogP contribution in [-0.2, 0) is 16.1 Å². The Morgan fingerprint density at radius 1 is 1.50 bits per heavy atom. The molecule has 1 aromatic carbocycles. The molecule has 1 aromatic rings. The lowest BCUT2D eigenvalue weighted by Gasteiger charge is -2.40. The Balaban J connectivity index is 1.84. The van der Waals surface area contributed by atoms with Gasteiger partial charge >= 0.3 is 0 Å². The molecule has 3 atom stereocenters. The monoisotopic (exact) mass is 285 g/mol. The van der Waals surface area contributed by atoms with Crippen molar-refractivity contribution >= 4 is 15.9 Å². The summed E-state index contributed by atoms with van der Waals surface area (Å²) >= 11 is 3.44. The predicted molar refractivity (Wildman–Crippen MR) is 66.1 cm³/mol. The molecule has 3 unspecified atom stereocenters. The van der Waals surface area contributed by atoms with Crippen molar-refractivity contribution in [2.75, 3.05) is 7.11 Å². The first-order valence-electron chi connectivity index (χ1n) is 5.35. The molecule has 1 fully saturated rings. The van der Waals surface area contributed by atoms with E-state index in [1.807, 2.05) is 18.2 Å². The van der Waals surface area contributed by atoms with Crippen LogP contribution in [0.1, 0.15) is 12.0 Å². The third-order valence-corrected chi connectivity index (χ3v) is 3.41. The zero-order chi connectivity index (χ0) is 11.5. The van der Waals surface area contributed by atoms with E-state index < -0.39 is 0 Å². The third kappa shape index (κ3) is 2.63. The van der Waals surface area contributed by atoms with Crippen LogP contribution in [-0.4, -0.2) is 25.4 Å². The number of hydrogen-bond acceptors (Lipinski definition) is 3. The fourth-order valence-corrected chi connectivity index (χ4v) is 2.38. The Bertz CT molecular complexity index is 359. The van der Waals surface area contributed by atoms with E-state index in [9.17, 15) is 0 Å². The molecule has 0 radical (unpaired) electrons. The van der Waals surface area contributed by atoms with Gasteiger partial charge in [-0.25, -0.2) is 0 Å². The molecule has 0 spiro atoms. The quantitative estimate of drug-likeness (QED) is 0.921. The van der Waals surface area contributed by atoms with Crippen molar-refractivity contribution in [2.24, 2.45) is 5.73 Å². The molecule has 4 heteroatoms. The molecule has 0 amide bonds. The van der Waals surface area contributed by atoms with Gasteiger partial charge in [0.05, 0.1) is 18.8 Å². The Kier molecular flexibility index (Phi) is 3.97. The number of halogens is 1. The van der Waals surface area contributed by atoms with Gasteiger partial charge in [-0.1, -0.05) is 28.1 Å². The van der Waals surface area contributed by atoms with E-state index in [1.54, 1.807) is 7.11 Å². The Morgan fingerprint density at radius 2 is 2.31 bits per heavy atom. The maximum Gasteiger partial charge on any atom is 0.0984 e. The van der Waals surface area contributed by atoms with Crippen LogP contribution in [0.2, 0.25) is 0 Å². The predicted octanol–water partition coefficient (Wildman–Crippen LogP) is 2.08. The normalized spacial score (nSPS) is 28.8. The van der Waals surface area contributed by atoms with E-state index in [0.29, 0.717) is 6.61 Å². The number of methoxy groups -OCH3 is 1. The number of hydrogen-bond donors (Lipinski definition) is 1. The smallest absolute Gasteiger partial charge is 0.0984 e. The number of rotatable bonds is 4. The zero-order valence-corrected chi connectivity index (χ0v) is 10.8. The van der Waals surface area contributed by atoms with Crippen molar-refractivity contribution in [1.29, 1.82) is 0 Å². The summed E-state index contributed by atoms with van der Waals surface area (Å²) in [6.45, 7) is 0.608. The zero-order valence-electron chi connectivity index (χ0n) is 9.23. The first kappa shape index (κ1) is 12.0. The SMILES string of the molecule is COC1C(N)CC1OCc1cccc(Br)c1. The van der Waals surface area contributed by atoms with Gasteiger partial charge in [0.2, 0.25) is 0 Å². The topological polar surface area (TPSA) is 44.5 Å². The summed E-state index contributed by atoms with van der Waals surface area (Å²) in [4.78, 5) is 0. The average molecular weight is 286 g/mol. The lowest BCUT2D eigenvalue weighted by Crippen LogP contribution is -2.57. The molecule has 1 aliphatic rings. The second-order valence-corrected chi connectivity index (χ2v) is 4.99. The van der Waals surface area contributed by atoms with Gasteiger partial charge in [-0.05, 0) is 24.1 Å². The molecular weight excluding hydrogens is 270 g/mol. The van der Waals surface area contributed by atoms with Crippen LogP contribution in [0, 0.1) is 0 Å². The highest BCUT2D eigenvalue weighted by atomic mass is 79.9. The van der Waals surface area contributed by atoms with Crippen LogP contribution in [0.3, 0.4) is 0 Å². The second-order valence-electron chi connectivity index (χ2n) is 4.08. The highest BCUT2D eigenvalue weighted by Gasteiger charge is 2.39. The van der Waals surface area contributed by atoms with Crippen molar-refractivity contribution in [3.8, 4) is 0 Å². The minimum Gasteiger partial charge on any atom is -0.377 e. The fraction of sp³-hybridized carbons (Fsp3) is 0.500. The highest BCUT2D eigenvalue weighted by Crippen LogP contribution is 2.26. The third-order valence-electron chi connectivity index (χ3n) is 2.92. The van der Waals surface area contributed by atoms with Gasteiger partial charge in [-0.2, -0.15) is 0 Å². The van der Waals surface area contributed by atoms with Crippen LogP contribution in [0.15, 0.2) is 28.7 Å². The van der Waals surface area contributed by atoms with Crippen LogP contribution in [0.25, 0.3) is 0 Å². The summed E-state index contributed by atoms with van der Waals surface area (Å²) in [6.07, 6.45) is 1.07. The number of ether oxygens (including phenoxy) is 2. The van der Waals surface area contributed by atoms with E-state index in [1.165, 1.54) is 0 Å². The van der Waals surface area contributed by atoms with Crippen LogP contribution < -0.4 is 5.73 Å². The summed E-state index contributed by atoms with van der Waals surface area (Å²) in [5.74, 6) is 0. The van der Waals surface area contributed by atoms with Crippen LogP contribution in [0.4, 0.5) is 0 Å². The van der Waals surface area contributed by atoms with Crippen molar-refractivity contribution < 1.29 is 9.47 Å². The molecule has 88 valence electrons. The van der Waals surface area contributed by atoms with Crippen molar-refractivity contribution in [3.63, 3.8) is 0 Å².